The molecule has 140 valence electrons. The second kappa shape index (κ2) is 7.97. The molecule has 0 spiro atoms. The van der Waals surface area contributed by atoms with Gasteiger partial charge in [-0.2, -0.15) is 0 Å². The molecule has 2 aromatic rings. The Morgan fingerprint density at radius 3 is 2.31 bits per heavy atom. The quantitative estimate of drug-likeness (QED) is 0.813. The van der Waals surface area contributed by atoms with Gasteiger partial charge in [0.25, 0.3) is 0 Å². The molecular weight excluding hydrogens is 348 g/mol. The van der Waals surface area contributed by atoms with Crippen molar-refractivity contribution in [2.75, 3.05) is 54.4 Å². The van der Waals surface area contributed by atoms with Crippen LogP contribution in [0.15, 0.2) is 48.5 Å². The molecule has 1 heterocycles. The molecule has 1 saturated heterocycles. The Morgan fingerprint density at radius 2 is 1.65 bits per heavy atom. The SMILES string of the molecule is CN1CCN(c2ccc(NS(C)(=O)=O)c(NCc3ccccc3)c2)CC1. The van der Waals surface area contributed by atoms with Crippen LogP contribution in [-0.4, -0.2) is 52.8 Å². The fraction of sp³-hybridized carbons (Fsp3) is 0.368. The Kier molecular flexibility index (Phi) is 5.68. The summed E-state index contributed by atoms with van der Waals surface area (Å²) in [6, 6.07) is 15.9. The van der Waals surface area contributed by atoms with Gasteiger partial charge in [-0.15, -0.1) is 0 Å². The Bertz CT molecular complexity index is 832. The van der Waals surface area contributed by atoms with Crippen molar-refractivity contribution < 1.29 is 8.42 Å². The fourth-order valence-electron chi connectivity index (χ4n) is 3.02. The highest BCUT2D eigenvalue weighted by atomic mass is 32.2. The summed E-state index contributed by atoms with van der Waals surface area (Å²) in [7, 11) is -1.21. The lowest BCUT2D eigenvalue weighted by molar-refractivity contribution is 0.313. The van der Waals surface area contributed by atoms with Gasteiger partial charge in [-0.3, -0.25) is 4.72 Å². The third-order valence-electron chi connectivity index (χ3n) is 4.49. The first-order valence-corrected chi connectivity index (χ1v) is 10.6. The average molecular weight is 375 g/mol. The predicted octanol–water partition coefficient (Wildman–Crippen LogP) is 2.42. The highest BCUT2D eigenvalue weighted by molar-refractivity contribution is 7.92. The molecule has 0 atom stereocenters. The molecule has 1 aliphatic heterocycles. The van der Waals surface area contributed by atoms with Gasteiger partial charge >= 0.3 is 0 Å². The van der Waals surface area contributed by atoms with Crippen LogP contribution in [0.2, 0.25) is 0 Å². The van der Waals surface area contributed by atoms with Crippen molar-refractivity contribution >= 4 is 27.1 Å². The molecular formula is C19H26N4O2S. The van der Waals surface area contributed by atoms with Crippen LogP contribution in [-0.2, 0) is 16.6 Å². The normalized spacial score (nSPS) is 15.7. The number of nitrogens with one attached hydrogen (secondary N) is 2. The molecule has 0 aromatic heterocycles. The van der Waals surface area contributed by atoms with Crippen LogP contribution < -0.4 is 14.9 Å². The summed E-state index contributed by atoms with van der Waals surface area (Å²) in [6.07, 6.45) is 1.17. The molecule has 2 N–H and O–H groups in total. The molecule has 0 bridgehead atoms. The van der Waals surface area contributed by atoms with Crippen molar-refractivity contribution in [2.45, 2.75) is 6.54 Å². The second-order valence-corrected chi connectivity index (χ2v) is 8.48. The van der Waals surface area contributed by atoms with E-state index in [4.69, 9.17) is 0 Å². The van der Waals surface area contributed by atoms with Gasteiger partial charge in [0.15, 0.2) is 0 Å². The van der Waals surface area contributed by atoms with Gasteiger partial charge in [-0.05, 0) is 30.8 Å². The minimum atomic E-state index is -3.34. The van der Waals surface area contributed by atoms with E-state index in [0.29, 0.717) is 12.2 Å². The van der Waals surface area contributed by atoms with Crippen LogP contribution in [0.1, 0.15) is 5.56 Å². The largest absolute Gasteiger partial charge is 0.379 e. The third-order valence-corrected chi connectivity index (χ3v) is 5.08. The van der Waals surface area contributed by atoms with Crippen molar-refractivity contribution in [3.8, 4) is 0 Å². The van der Waals surface area contributed by atoms with E-state index in [1.54, 1.807) is 0 Å². The third kappa shape index (κ3) is 5.12. The minimum absolute atomic E-state index is 0.571. The summed E-state index contributed by atoms with van der Waals surface area (Å²) >= 11 is 0. The van der Waals surface area contributed by atoms with Crippen molar-refractivity contribution in [1.82, 2.24) is 4.90 Å². The highest BCUT2D eigenvalue weighted by Gasteiger charge is 2.16. The van der Waals surface area contributed by atoms with Crippen LogP contribution in [0.3, 0.4) is 0 Å². The van der Waals surface area contributed by atoms with Crippen molar-refractivity contribution in [1.29, 1.82) is 0 Å². The number of hydrogen-bond donors (Lipinski definition) is 2. The van der Waals surface area contributed by atoms with Crippen LogP contribution in [0, 0.1) is 0 Å². The number of sulfonamides is 1. The van der Waals surface area contributed by atoms with Crippen molar-refractivity contribution in [3.63, 3.8) is 0 Å². The fourth-order valence-corrected chi connectivity index (χ4v) is 3.60. The molecule has 0 amide bonds. The van der Waals surface area contributed by atoms with E-state index in [1.165, 1.54) is 6.26 Å². The van der Waals surface area contributed by atoms with Crippen LogP contribution in [0.5, 0.6) is 0 Å². The van der Waals surface area contributed by atoms with Crippen molar-refractivity contribution in [2.24, 2.45) is 0 Å². The molecule has 3 rings (SSSR count). The summed E-state index contributed by atoms with van der Waals surface area (Å²) in [5, 5.41) is 3.38. The first-order valence-electron chi connectivity index (χ1n) is 8.74. The Balaban J connectivity index is 1.82. The Hall–Kier alpha value is -2.25. The van der Waals surface area contributed by atoms with Crippen LogP contribution in [0.25, 0.3) is 0 Å². The maximum atomic E-state index is 11.7. The molecule has 0 aliphatic carbocycles. The minimum Gasteiger partial charge on any atom is -0.379 e. The molecule has 0 unspecified atom stereocenters. The first-order chi connectivity index (χ1) is 12.4. The number of anilines is 3. The standard InChI is InChI=1S/C19H26N4O2S/c1-22-10-12-23(13-11-22)17-8-9-18(21-26(2,24)25)19(14-17)20-15-16-6-4-3-5-7-16/h3-9,14,20-21H,10-13,15H2,1-2H3. The average Bonchev–Trinajstić information content (AvgIpc) is 2.61. The maximum absolute atomic E-state index is 11.7. The van der Waals surface area contributed by atoms with Gasteiger partial charge in [0, 0.05) is 38.4 Å². The van der Waals surface area contributed by atoms with E-state index in [1.807, 2.05) is 48.5 Å². The number of piperazine rings is 1. The maximum Gasteiger partial charge on any atom is 0.229 e. The van der Waals surface area contributed by atoms with Gasteiger partial charge in [0.1, 0.15) is 0 Å². The zero-order chi connectivity index (χ0) is 18.6. The zero-order valence-electron chi connectivity index (χ0n) is 15.3. The van der Waals surface area contributed by atoms with E-state index in [0.717, 1.165) is 43.1 Å². The molecule has 1 aliphatic rings. The highest BCUT2D eigenvalue weighted by Crippen LogP contribution is 2.29. The summed E-state index contributed by atoms with van der Waals surface area (Å²) in [6.45, 7) is 4.61. The molecule has 0 radical (unpaired) electrons. The first kappa shape index (κ1) is 18.5. The van der Waals surface area contributed by atoms with Crippen molar-refractivity contribution in [3.05, 3.63) is 54.1 Å². The summed E-state index contributed by atoms with van der Waals surface area (Å²) < 4.78 is 26.0. The molecule has 1 fully saturated rings. The number of hydrogen-bond acceptors (Lipinski definition) is 5. The van der Waals surface area contributed by atoms with E-state index in [2.05, 4.69) is 26.9 Å². The number of likely N-dealkylation sites (N-methyl/N-ethyl adjacent to an activating group) is 1. The lowest BCUT2D eigenvalue weighted by atomic mass is 10.2. The van der Waals surface area contributed by atoms with E-state index >= 15 is 0 Å². The van der Waals surface area contributed by atoms with Crippen LogP contribution >= 0.6 is 0 Å². The summed E-state index contributed by atoms with van der Waals surface area (Å²) in [5.41, 5.74) is 3.60. The predicted molar refractivity (Wildman–Crippen MR) is 108 cm³/mol. The van der Waals surface area contributed by atoms with Gasteiger partial charge in [-0.25, -0.2) is 8.42 Å². The van der Waals surface area contributed by atoms with E-state index < -0.39 is 10.0 Å². The zero-order valence-corrected chi connectivity index (χ0v) is 16.1. The lowest BCUT2D eigenvalue weighted by Crippen LogP contribution is -2.44. The number of nitrogens with zero attached hydrogens (tertiary/aromatic N) is 2. The van der Waals surface area contributed by atoms with Crippen LogP contribution in [0.4, 0.5) is 17.1 Å². The monoisotopic (exact) mass is 374 g/mol. The second-order valence-electron chi connectivity index (χ2n) is 6.73. The number of rotatable bonds is 6. The molecule has 26 heavy (non-hydrogen) atoms. The van der Waals surface area contributed by atoms with Gasteiger partial charge in [0.2, 0.25) is 10.0 Å². The topological polar surface area (TPSA) is 64.7 Å². The molecule has 7 heteroatoms. The Morgan fingerprint density at radius 1 is 0.962 bits per heavy atom. The number of benzene rings is 2. The molecule has 6 nitrogen and oxygen atoms in total. The van der Waals surface area contributed by atoms with E-state index in [-0.39, 0.29) is 0 Å². The summed E-state index contributed by atoms with van der Waals surface area (Å²) in [5.74, 6) is 0. The summed E-state index contributed by atoms with van der Waals surface area (Å²) in [4.78, 5) is 4.64. The Labute approximate surface area is 155 Å². The smallest absolute Gasteiger partial charge is 0.229 e. The lowest BCUT2D eigenvalue weighted by Gasteiger charge is -2.34. The molecule has 2 aromatic carbocycles. The van der Waals surface area contributed by atoms with Gasteiger partial charge < -0.3 is 15.1 Å². The van der Waals surface area contributed by atoms with E-state index in [9.17, 15) is 8.42 Å². The van der Waals surface area contributed by atoms with Gasteiger partial charge in [0.05, 0.1) is 17.6 Å². The van der Waals surface area contributed by atoms with Gasteiger partial charge in [-0.1, -0.05) is 30.3 Å². The molecule has 0 saturated carbocycles.